The Hall–Kier alpha value is -1.16. The average Bonchev–Trinajstić information content (AvgIpc) is 2.38. The van der Waals surface area contributed by atoms with Gasteiger partial charge in [-0.05, 0) is 18.4 Å². The topological polar surface area (TPSA) is 40.5 Å². The van der Waals surface area contributed by atoms with E-state index in [1.54, 1.807) is 0 Å². The van der Waals surface area contributed by atoms with Crippen molar-refractivity contribution in [2.75, 3.05) is 13.1 Å². The molecule has 4 heteroatoms. The summed E-state index contributed by atoms with van der Waals surface area (Å²) in [5.41, 5.74) is 1.35. The maximum absolute atomic E-state index is 10.8. The van der Waals surface area contributed by atoms with E-state index in [1.807, 2.05) is 17.8 Å². The smallest absolute Gasteiger partial charge is 0.407 e. The van der Waals surface area contributed by atoms with E-state index in [2.05, 4.69) is 24.3 Å². The number of carboxylic acid groups (broad SMARTS) is 1. The lowest BCUT2D eigenvalue weighted by atomic mass is 10.1. The summed E-state index contributed by atoms with van der Waals surface area (Å²) in [5.74, 6) is 1.03. The van der Waals surface area contributed by atoms with Crippen molar-refractivity contribution in [3.05, 3.63) is 35.9 Å². The predicted molar refractivity (Wildman–Crippen MR) is 70.4 cm³/mol. The van der Waals surface area contributed by atoms with Gasteiger partial charge in [-0.3, -0.25) is 0 Å². The minimum Gasteiger partial charge on any atom is -0.465 e. The third kappa shape index (κ3) is 3.66. The van der Waals surface area contributed by atoms with Crippen LogP contribution in [-0.4, -0.2) is 34.4 Å². The summed E-state index contributed by atoms with van der Waals surface area (Å²) in [6.45, 7) is 1.36. The number of hydrogen-bond donors (Lipinski definition) is 1. The first-order chi connectivity index (χ1) is 8.25. The third-order valence-electron chi connectivity index (χ3n) is 3.04. The molecule has 0 atom stereocenters. The van der Waals surface area contributed by atoms with Crippen molar-refractivity contribution in [2.45, 2.75) is 23.8 Å². The standard InChI is InChI=1S/C13H17NO2S/c15-13(16)14-8-6-12(7-9-14)17-10-11-4-2-1-3-5-11/h1-5,12H,6-10H2,(H,15,16). The van der Waals surface area contributed by atoms with Crippen LogP contribution in [0.25, 0.3) is 0 Å². The fourth-order valence-corrected chi connectivity index (χ4v) is 3.17. The molecule has 1 aliphatic rings. The van der Waals surface area contributed by atoms with E-state index in [4.69, 9.17) is 5.11 Å². The molecule has 0 aliphatic carbocycles. The zero-order valence-corrected chi connectivity index (χ0v) is 10.5. The van der Waals surface area contributed by atoms with Crippen LogP contribution >= 0.6 is 11.8 Å². The van der Waals surface area contributed by atoms with Crippen LogP contribution in [0.5, 0.6) is 0 Å². The van der Waals surface area contributed by atoms with Gasteiger partial charge in [-0.2, -0.15) is 11.8 Å². The second-order valence-electron chi connectivity index (χ2n) is 4.27. The maximum Gasteiger partial charge on any atom is 0.407 e. The van der Waals surface area contributed by atoms with Gasteiger partial charge in [0.2, 0.25) is 0 Å². The van der Waals surface area contributed by atoms with Crippen LogP contribution < -0.4 is 0 Å². The molecule has 1 aliphatic heterocycles. The molecule has 0 spiro atoms. The van der Waals surface area contributed by atoms with Crippen molar-refractivity contribution < 1.29 is 9.90 Å². The Morgan fingerprint density at radius 1 is 1.29 bits per heavy atom. The summed E-state index contributed by atoms with van der Waals surface area (Å²) in [7, 11) is 0. The molecule has 0 unspecified atom stereocenters. The van der Waals surface area contributed by atoms with Crippen LogP contribution in [0.3, 0.4) is 0 Å². The van der Waals surface area contributed by atoms with E-state index in [0.717, 1.165) is 18.6 Å². The van der Waals surface area contributed by atoms with Gasteiger partial charge in [0.15, 0.2) is 0 Å². The highest BCUT2D eigenvalue weighted by Crippen LogP contribution is 2.26. The second kappa shape index (κ2) is 5.96. The van der Waals surface area contributed by atoms with Crippen molar-refractivity contribution in [2.24, 2.45) is 0 Å². The summed E-state index contributed by atoms with van der Waals surface area (Å²) in [4.78, 5) is 12.3. The monoisotopic (exact) mass is 251 g/mol. The van der Waals surface area contributed by atoms with Crippen molar-refractivity contribution in [1.29, 1.82) is 0 Å². The highest BCUT2D eigenvalue weighted by atomic mass is 32.2. The molecule has 0 aromatic heterocycles. The van der Waals surface area contributed by atoms with Gasteiger partial charge in [0.1, 0.15) is 0 Å². The molecule has 17 heavy (non-hydrogen) atoms. The van der Waals surface area contributed by atoms with E-state index in [-0.39, 0.29) is 0 Å². The molecule has 1 aromatic carbocycles. The zero-order valence-electron chi connectivity index (χ0n) is 9.71. The lowest BCUT2D eigenvalue weighted by molar-refractivity contribution is 0.136. The number of carbonyl (C=O) groups is 1. The molecule has 1 fully saturated rings. The molecule has 0 saturated carbocycles. The third-order valence-corrected chi connectivity index (χ3v) is 4.48. The predicted octanol–water partition coefficient (Wildman–Crippen LogP) is 3.06. The molecular formula is C13H17NO2S. The molecule has 1 heterocycles. The molecule has 3 nitrogen and oxygen atoms in total. The largest absolute Gasteiger partial charge is 0.465 e. The quantitative estimate of drug-likeness (QED) is 0.897. The van der Waals surface area contributed by atoms with Crippen molar-refractivity contribution in [3.63, 3.8) is 0 Å². The Balaban J connectivity index is 1.74. The summed E-state index contributed by atoms with van der Waals surface area (Å²) < 4.78 is 0. The normalized spacial score (nSPS) is 17.1. The number of hydrogen-bond acceptors (Lipinski definition) is 2. The highest BCUT2D eigenvalue weighted by Gasteiger charge is 2.22. The van der Waals surface area contributed by atoms with Gasteiger partial charge in [-0.25, -0.2) is 4.79 Å². The SMILES string of the molecule is O=C(O)N1CCC(SCc2ccccc2)CC1. The van der Waals surface area contributed by atoms with E-state index in [0.29, 0.717) is 18.3 Å². The van der Waals surface area contributed by atoms with Crippen molar-refractivity contribution >= 4 is 17.9 Å². The summed E-state index contributed by atoms with van der Waals surface area (Å²) >= 11 is 1.94. The summed E-state index contributed by atoms with van der Waals surface area (Å²) in [6.07, 6.45) is 1.17. The van der Waals surface area contributed by atoms with Gasteiger partial charge in [0.05, 0.1) is 0 Å². The van der Waals surface area contributed by atoms with Gasteiger partial charge >= 0.3 is 6.09 Å². The summed E-state index contributed by atoms with van der Waals surface area (Å²) in [6, 6.07) is 10.4. The highest BCUT2D eigenvalue weighted by molar-refractivity contribution is 7.99. The fraction of sp³-hybridized carbons (Fsp3) is 0.462. The molecule has 0 bridgehead atoms. The Labute approximate surface area is 106 Å². The average molecular weight is 251 g/mol. The number of likely N-dealkylation sites (tertiary alicyclic amines) is 1. The molecular weight excluding hydrogens is 234 g/mol. The first kappa shape index (κ1) is 12.3. The molecule has 0 radical (unpaired) electrons. The van der Waals surface area contributed by atoms with E-state index < -0.39 is 6.09 Å². The molecule has 1 aromatic rings. The Morgan fingerprint density at radius 3 is 2.53 bits per heavy atom. The van der Waals surface area contributed by atoms with Gasteiger partial charge in [0.25, 0.3) is 0 Å². The van der Waals surface area contributed by atoms with Crippen LogP contribution in [0.4, 0.5) is 4.79 Å². The van der Waals surface area contributed by atoms with E-state index in [9.17, 15) is 4.79 Å². The number of amides is 1. The van der Waals surface area contributed by atoms with Crippen molar-refractivity contribution in [1.82, 2.24) is 4.90 Å². The van der Waals surface area contributed by atoms with Crippen LogP contribution in [0.2, 0.25) is 0 Å². The van der Waals surface area contributed by atoms with Crippen LogP contribution in [0.15, 0.2) is 30.3 Å². The number of piperidine rings is 1. The van der Waals surface area contributed by atoms with E-state index in [1.165, 1.54) is 10.5 Å². The Kier molecular flexibility index (Phi) is 4.31. The minimum absolute atomic E-state index is 0.603. The van der Waals surface area contributed by atoms with E-state index >= 15 is 0 Å². The fourth-order valence-electron chi connectivity index (χ4n) is 2.00. The zero-order chi connectivity index (χ0) is 12.1. The lowest BCUT2D eigenvalue weighted by Gasteiger charge is -2.29. The molecule has 1 amide bonds. The molecule has 2 rings (SSSR count). The number of rotatable bonds is 3. The number of thioether (sulfide) groups is 1. The first-order valence-corrected chi connectivity index (χ1v) is 6.94. The van der Waals surface area contributed by atoms with Gasteiger partial charge in [0, 0.05) is 24.1 Å². The van der Waals surface area contributed by atoms with Gasteiger partial charge in [-0.15, -0.1) is 0 Å². The summed E-state index contributed by atoms with van der Waals surface area (Å²) in [5, 5.41) is 9.45. The van der Waals surface area contributed by atoms with Gasteiger partial charge in [-0.1, -0.05) is 30.3 Å². The number of benzene rings is 1. The maximum atomic E-state index is 10.8. The van der Waals surface area contributed by atoms with Crippen molar-refractivity contribution in [3.8, 4) is 0 Å². The second-order valence-corrected chi connectivity index (χ2v) is 5.55. The molecule has 92 valence electrons. The molecule has 1 N–H and O–H groups in total. The Morgan fingerprint density at radius 2 is 1.94 bits per heavy atom. The number of nitrogens with zero attached hydrogens (tertiary/aromatic N) is 1. The lowest BCUT2D eigenvalue weighted by Crippen LogP contribution is -2.38. The Bertz CT molecular complexity index is 361. The van der Waals surface area contributed by atoms with Crippen LogP contribution in [0.1, 0.15) is 18.4 Å². The van der Waals surface area contributed by atoms with Crippen LogP contribution in [-0.2, 0) is 5.75 Å². The first-order valence-electron chi connectivity index (χ1n) is 5.89. The van der Waals surface area contributed by atoms with Crippen LogP contribution in [0, 0.1) is 0 Å². The molecule has 1 saturated heterocycles. The minimum atomic E-state index is -0.781. The van der Waals surface area contributed by atoms with Gasteiger partial charge < -0.3 is 10.0 Å².